The number of aryl methyl sites for hydroxylation is 1. The fourth-order valence-corrected chi connectivity index (χ4v) is 2.19. The van der Waals surface area contributed by atoms with Gasteiger partial charge in [-0.25, -0.2) is 0 Å². The maximum Gasteiger partial charge on any atom is 0.122 e. The molecule has 18 heavy (non-hydrogen) atoms. The molecule has 1 heterocycles. The van der Waals surface area contributed by atoms with Crippen LogP contribution in [0.5, 0.6) is 5.75 Å². The average molecular weight is 249 g/mol. The van der Waals surface area contributed by atoms with E-state index in [0.29, 0.717) is 12.0 Å². The summed E-state index contributed by atoms with van der Waals surface area (Å²) in [4.78, 5) is 0. The van der Waals surface area contributed by atoms with Crippen LogP contribution >= 0.6 is 0 Å². The van der Waals surface area contributed by atoms with E-state index < -0.39 is 0 Å². The number of benzene rings is 1. The smallest absolute Gasteiger partial charge is 0.122 e. The van der Waals surface area contributed by atoms with Gasteiger partial charge in [-0.2, -0.15) is 0 Å². The van der Waals surface area contributed by atoms with Crippen LogP contribution in [0.15, 0.2) is 18.2 Å². The van der Waals surface area contributed by atoms with E-state index in [0.717, 1.165) is 32.0 Å². The predicted molar refractivity (Wildman–Crippen MR) is 73.1 cm³/mol. The molecule has 1 aliphatic heterocycles. The van der Waals surface area contributed by atoms with Gasteiger partial charge in [0.1, 0.15) is 5.75 Å². The minimum Gasteiger partial charge on any atom is -0.493 e. The van der Waals surface area contributed by atoms with Crippen LogP contribution < -0.4 is 10.1 Å². The molecule has 1 saturated heterocycles. The normalized spacial score (nSPS) is 20.9. The second-order valence-electron chi connectivity index (χ2n) is 5.08. The molecule has 0 saturated carbocycles. The Balaban J connectivity index is 1.96. The van der Waals surface area contributed by atoms with Crippen LogP contribution in [0.3, 0.4) is 0 Å². The summed E-state index contributed by atoms with van der Waals surface area (Å²) in [6.45, 7) is 6.75. The summed E-state index contributed by atoms with van der Waals surface area (Å²) in [5.41, 5.74) is 2.50. The minimum atomic E-state index is 0.376. The highest BCUT2D eigenvalue weighted by molar-refractivity contribution is 5.37. The third kappa shape index (κ3) is 3.24. The van der Waals surface area contributed by atoms with Crippen molar-refractivity contribution in [1.29, 1.82) is 0 Å². The fourth-order valence-electron chi connectivity index (χ4n) is 2.19. The van der Waals surface area contributed by atoms with Crippen LogP contribution in [-0.4, -0.2) is 26.9 Å². The van der Waals surface area contributed by atoms with Crippen molar-refractivity contribution in [2.75, 3.05) is 26.9 Å². The summed E-state index contributed by atoms with van der Waals surface area (Å²) in [7, 11) is 1.98. The van der Waals surface area contributed by atoms with E-state index in [1.165, 1.54) is 11.1 Å². The van der Waals surface area contributed by atoms with E-state index in [4.69, 9.17) is 9.47 Å². The van der Waals surface area contributed by atoms with Crippen LogP contribution in [0.1, 0.15) is 30.5 Å². The Kier molecular flexibility index (Phi) is 4.61. The van der Waals surface area contributed by atoms with Gasteiger partial charge >= 0.3 is 0 Å². The maximum absolute atomic E-state index is 5.89. The lowest BCUT2D eigenvalue weighted by Crippen LogP contribution is -2.14. The fraction of sp³-hybridized carbons (Fsp3) is 0.600. The van der Waals surface area contributed by atoms with Crippen molar-refractivity contribution in [1.82, 2.24) is 5.32 Å². The Morgan fingerprint density at radius 3 is 2.94 bits per heavy atom. The van der Waals surface area contributed by atoms with Crippen LogP contribution in [0.4, 0.5) is 0 Å². The largest absolute Gasteiger partial charge is 0.493 e. The molecule has 1 aromatic rings. The van der Waals surface area contributed by atoms with Gasteiger partial charge in [-0.15, -0.1) is 0 Å². The molecule has 2 unspecified atom stereocenters. The molecule has 100 valence electrons. The van der Waals surface area contributed by atoms with Crippen LogP contribution in [0.25, 0.3) is 0 Å². The van der Waals surface area contributed by atoms with Crippen LogP contribution in [-0.2, 0) is 4.74 Å². The molecule has 0 aliphatic carbocycles. The predicted octanol–water partition coefficient (Wildman–Crippen LogP) is 2.69. The molecule has 1 aromatic carbocycles. The molecular formula is C15H23NO2. The van der Waals surface area contributed by atoms with Crippen molar-refractivity contribution in [3.63, 3.8) is 0 Å². The average Bonchev–Trinajstić information content (AvgIpc) is 2.89. The zero-order valence-corrected chi connectivity index (χ0v) is 11.5. The summed E-state index contributed by atoms with van der Waals surface area (Å²) in [5.74, 6) is 1.55. The first-order valence-electron chi connectivity index (χ1n) is 6.69. The highest BCUT2D eigenvalue weighted by Gasteiger charge is 2.16. The van der Waals surface area contributed by atoms with Crippen molar-refractivity contribution in [2.24, 2.45) is 5.92 Å². The number of rotatable bonds is 5. The summed E-state index contributed by atoms with van der Waals surface area (Å²) >= 11 is 0. The van der Waals surface area contributed by atoms with Crippen molar-refractivity contribution < 1.29 is 9.47 Å². The first-order chi connectivity index (χ1) is 8.70. The molecule has 1 N–H and O–H groups in total. The Hall–Kier alpha value is -1.06. The number of hydrogen-bond acceptors (Lipinski definition) is 3. The monoisotopic (exact) mass is 249 g/mol. The van der Waals surface area contributed by atoms with Gasteiger partial charge in [0.25, 0.3) is 0 Å². The molecule has 0 aromatic heterocycles. The maximum atomic E-state index is 5.89. The van der Waals surface area contributed by atoms with E-state index in [1.54, 1.807) is 0 Å². The molecular weight excluding hydrogens is 226 g/mol. The molecule has 0 spiro atoms. The Morgan fingerprint density at radius 1 is 1.50 bits per heavy atom. The summed E-state index contributed by atoms with van der Waals surface area (Å²) in [5, 5.41) is 3.25. The van der Waals surface area contributed by atoms with Crippen molar-refractivity contribution >= 4 is 0 Å². The van der Waals surface area contributed by atoms with Gasteiger partial charge in [-0.3, -0.25) is 0 Å². The molecule has 0 amide bonds. The van der Waals surface area contributed by atoms with E-state index >= 15 is 0 Å². The lowest BCUT2D eigenvalue weighted by atomic mass is 10.1. The van der Waals surface area contributed by atoms with Crippen molar-refractivity contribution in [3.8, 4) is 5.75 Å². The van der Waals surface area contributed by atoms with Crippen molar-refractivity contribution in [3.05, 3.63) is 29.3 Å². The second-order valence-corrected chi connectivity index (χ2v) is 5.08. The van der Waals surface area contributed by atoms with E-state index in [2.05, 4.69) is 37.4 Å². The standard InChI is InChI=1S/C15H23NO2/c1-11-8-14(12(2)16-3)4-5-15(11)18-10-13-6-7-17-9-13/h4-5,8,12-13,16H,6-7,9-10H2,1-3H3. The molecule has 2 atom stereocenters. The third-order valence-electron chi connectivity index (χ3n) is 3.63. The molecule has 0 radical (unpaired) electrons. The highest BCUT2D eigenvalue weighted by atomic mass is 16.5. The van der Waals surface area contributed by atoms with Gasteiger partial charge in [0.15, 0.2) is 0 Å². The first-order valence-corrected chi connectivity index (χ1v) is 6.69. The lowest BCUT2D eigenvalue weighted by Gasteiger charge is -2.15. The van der Waals surface area contributed by atoms with Crippen molar-refractivity contribution in [2.45, 2.75) is 26.3 Å². The van der Waals surface area contributed by atoms with Crippen LogP contribution in [0, 0.1) is 12.8 Å². The summed E-state index contributed by atoms with van der Waals surface area (Å²) in [6, 6.07) is 6.78. The zero-order chi connectivity index (χ0) is 13.0. The first kappa shape index (κ1) is 13.4. The third-order valence-corrected chi connectivity index (χ3v) is 3.63. The van der Waals surface area contributed by atoms with Gasteiger partial charge in [-0.05, 0) is 44.5 Å². The molecule has 3 heteroatoms. The van der Waals surface area contributed by atoms with E-state index in [9.17, 15) is 0 Å². The SMILES string of the molecule is CNC(C)c1ccc(OCC2CCOC2)c(C)c1. The summed E-state index contributed by atoms with van der Waals surface area (Å²) in [6.07, 6.45) is 1.12. The molecule has 1 fully saturated rings. The Bertz CT molecular complexity index is 386. The highest BCUT2D eigenvalue weighted by Crippen LogP contribution is 2.24. The van der Waals surface area contributed by atoms with E-state index in [1.807, 2.05) is 7.05 Å². The molecule has 0 bridgehead atoms. The van der Waals surface area contributed by atoms with E-state index in [-0.39, 0.29) is 0 Å². The zero-order valence-electron chi connectivity index (χ0n) is 11.5. The van der Waals surface area contributed by atoms with Gasteiger partial charge in [0, 0.05) is 18.6 Å². The van der Waals surface area contributed by atoms with Gasteiger partial charge < -0.3 is 14.8 Å². The van der Waals surface area contributed by atoms with Gasteiger partial charge in [0.05, 0.1) is 13.2 Å². The van der Waals surface area contributed by atoms with Crippen LogP contribution in [0.2, 0.25) is 0 Å². The molecule has 2 rings (SSSR count). The Labute approximate surface area is 109 Å². The quantitative estimate of drug-likeness (QED) is 0.870. The number of ether oxygens (including phenoxy) is 2. The Morgan fingerprint density at radius 2 is 2.33 bits per heavy atom. The second kappa shape index (κ2) is 6.21. The number of nitrogens with one attached hydrogen (secondary N) is 1. The number of hydrogen-bond donors (Lipinski definition) is 1. The summed E-state index contributed by atoms with van der Waals surface area (Å²) < 4.78 is 11.2. The topological polar surface area (TPSA) is 30.5 Å². The molecule has 3 nitrogen and oxygen atoms in total. The molecule has 1 aliphatic rings. The van der Waals surface area contributed by atoms with Gasteiger partial charge in [0.2, 0.25) is 0 Å². The lowest BCUT2D eigenvalue weighted by molar-refractivity contribution is 0.167. The van der Waals surface area contributed by atoms with Gasteiger partial charge in [-0.1, -0.05) is 12.1 Å². The minimum absolute atomic E-state index is 0.376.